The summed E-state index contributed by atoms with van der Waals surface area (Å²) in [5.41, 5.74) is 0. The third kappa shape index (κ3) is 7.32. The summed E-state index contributed by atoms with van der Waals surface area (Å²) >= 11 is 5.86. The van der Waals surface area contributed by atoms with E-state index >= 15 is 0 Å². The van der Waals surface area contributed by atoms with E-state index in [1.807, 2.05) is 7.05 Å². The highest BCUT2D eigenvalue weighted by molar-refractivity contribution is 6.30. The number of rotatable bonds is 9. The Morgan fingerprint density at radius 1 is 1.11 bits per heavy atom. The van der Waals surface area contributed by atoms with Gasteiger partial charge in [0.05, 0.1) is 6.10 Å². The van der Waals surface area contributed by atoms with Crippen LogP contribution in [-0.4, -0.2) is 61.3 Å². The van der Waals surface area contributed by atoms with E-state index in [9.17, 15) is 4.79 Å². The monoisotopic (exact) mass is 396 g/mol. The molecule has 0 spiro atoms. The molecule has 1 aromatic rings. The molecule has 1 amide bonds. The molecule has 0 saturated heterocycles. The second kappa shape index (κ2) is 11.5. The number of hydrogen-bond donors (Lipinski definition) is 0. The summed E-state index contributed by atoms with van der Waals surface area (Å²) < 4.78 is 11.5. The van der Waals surface area contributed by atoms with Crippen molar-refractivity contribution in [2.24, 2.45) is 0 Å². The summed E-state index contributed by atoms with van der Waals surface area (Å²) in [4.78, 5) is 16.5. The fourth-order valence-corrected chi connectivity index (χ4v) is 3.63. The van der Waals surface area contributed by atoms with Gasteiger partial charge in [0, 0.05) is 31.3 Å². The lowest BCUT2D eigenvalue weighted by atomic mass is 9.92. The van der Waals surface area contributed by atoms with E-state index in [2.05, 4.69) is 18.7 Å². The Hall–Kier alpha value is -1.30. The number of nitrogens with zero attached hydrogens (tertiary/aromatic N) is 2. The van der Waals surface area contributed by atoms with Crippen molar-refractivity contribution in [2.45, 2.75) is 58.1 Å². The van der Waals surface area contributed by atoms with Crippen molar-refractivity contribution in [3.05, 3.63) is 29.3 Å². The highest BCUT2D eigenvalue weighted by Crippen LogP contribution is 2.25. The Balaban J connectivity index is 1.66. The van der Waals surface area contributed by atoms with Gasteiger partial charge in [0.2, 0.25) is 0 Å². The lowest BCUT2D eigenvalue weighted by molar-refractivity contribution is 0.00865. The van der Waals surface area contributed by atoms with E-state index < -0.39 is 0 Å². The van der Waals surface area contributed by atoms with Gasteiger partial charge in [-0.2, -0.15) is 0 Å². The molecule has 0 bridgehead atoms. The Labute approximate surface area is 168 Å². The minimum atomic E-state index is -0.319. The molecular weight excluding hydrogens is 364 g/mol. The van der Waals surface area contributed by atoms with Gasteiger partial charge in [0.25, 0.3) is 0 Å². The van der Waals surface area contributed by atoms with Gasteiger partial charge in [-0.3, -0.25) is 0 Å². The maximum absolute atomic E-state index is 12.3. The van der Waals surface area contributed by atoms with Gasteiger partial charge in [-0.25, -0.2) is 4.79 Å². The molecule has 0 radical (unpaired) electrons. The number of halogens is 1. The number of hydrogen-bond acceptors (Lipinski definition) is 4. The Morgan fingerprint density at radius 3 is 2.33 bits per heavy atom. The van der Waals surface area contributed by atoms with Crippen molar-refractivity contribution in [3.63, 3.8) is 0 Å². The van der Waals surface area contributed by atoms with Crippen LogP contribution in [-0.2, 0) is 4.74 Å². The SMILES string of the molecule is CCN(CC)CCCO[C@H]1CC[C@H](N(C)C(=O)Oc2ccc(Cl)cc2)CC1. The Kier molecular flexibility index (Phi) is 9.39. The van der Waals surface area contributed by atoms with Crippen LogP contribution in [0.4, 0.5) is 4.79 Å². The molecule has 6 heteroatoms. The largest absolute Gasteiger partial charge is 0.415 e. The van der Waals surface area contributed by atoms with Gasteiger partial charge in [0.1, 0.15) is 5.75 Å². The second-order valence-corrected chi connectivity index (χ2v) is 7.55. The summed E-state index contributed by atoms with van der Waals surface area (Å²) in [5.74, 6) is 0.515. The number of amides is 1. The molecule has 0 heterocycles. The number of ether oxygens (including phenoxy) is 2. The molecule has 1 aliphatic carbocycles. The van der Waals surface area contributed by atoms with Gasteiger partial charge in [-0.1, -0.05) is 25.4 Å². The standard InChI is InChI=1S/C21H33ClN2O3/c1-4-24(5-2)15-6-16-26-19-13-9-18(10-14-19)23(3)21(25)27-20-11-7-17(22)8-12-20/h7-8,11-12,18-19H,4-6,9-10,13-16H2,1-3H3/t18-,19-. The van der Waals surface area contributed by atoms with Gasteiger partial charge in [-0.15, -0.1) is 0 Å². The van der Waals surface area contributed by atoms with Gasteiger partial charge < -0.3 is 19.3 Å². The summed E-state index contributed by atoms with van der Waals surface area (Å²) in [6, 6.07) is 7.05. The van der Waals surface area contributed by atoms with E-state index in [4.69, 9.17) is 21.1 Å². The molecule has 0 aliphatic heterocycles. The fraction of sp³-hybridized carbons (Fsp3) is 0.667. The lowest BCUT2D eigenvalue weighted by Crippen LogP contribution is -2.42. The molecule has 1 aliphatic rings. The van der Waals surface area contributed by atoms with E-state index in [0.717, 1.165) is 58.3 Å². The zero-order valence-electron chi connectivity index (χ0n) is 16.8. The predicted molar refractivity (Wildman–Crippen MR) is 110 cm³/mol. The zero-order chi connectivity index (χ0) is 19.6. The molecule has 0 aromatic heterocycles. The quantitative estimate of drug-likeness (QED) is 0.560. The van der Waals surface area contributed by atoms with Crippen molar-refractivity contribution < 1.29 is 14.3 Å². The van der Waals surface area contributed by atoms with Crippen molar-refractivity contribution in [1.29, 1.82) is 0 Å². The number of carbonyl (C=O) groups is 1. The average Bonchev–Trinajstić information content (AvgIpc) is 2.69. The summed E-state index contributed by atoms with van der Waals surface area (Å²) in [5, 5.41) is 0.624. The summed E-state index contributed by atoms with van der Waals surface area (Å²) in [7, 11) is 1.81. The first kappa shape index (κ1) is 22.0. The van der Waals surface area contributed by atoms with E-state index in [0.29, 0.717) is 16.9 Å². The lowest BCUT2D eigenvalue weighted by Gasteiger charge is -2.34. The van der Waals surface area contributed by atoms with Gasteiger partial charge >= 0.3 is 6.09 Å². The van der Waals surface area contributed by atoms with E-state index in [1.165, 1.54) is 0 Å². The van der Waals surface area contributed by atoms with Crippen LogP contribution in [0, 0.1) is 0 Å². The van der Waals surface area contributed by atoms with E-state index in [1.54, 1.807) is 29.2 Å². The molecule has 2 rings (SSSR count). The first-order valence-corrected chi connectivity index (χ1v) is 10.4. The predicted octanol–water partition coefficient (Wildman–Crippen LogP) is 4.83. The minimum absolute atomic E-state index is 0.209. The topological polar surface area (TPSA) is 42.0 Å². The molecular formula is C21H33ClN2O3. The number of carbonyl (C=O) groups excluding carboxylic acids is 1. The highest BCUT2D eigenvalue weighted by atomic mass is 35.5. The van der Waals surface area contributed by atoms with Crippen molar-refractivity contribution in [3.8, 4) is 5.75 Å². The third-order valence-corrected chi connectivity index (χ3v) is 5.62. The maximum Gasteiger partial charge on any atom is 0.415 e. The minimum Gasteiger partial charge on any atom is -0.410 e. The van der Waals surface area contributed by atoms with Crippen LogP contribution in [0.3, 0.4) is 0 Å². The normalized spacial score (nSPS) is 19.9. The molecule has 0 unspecified atom stereocenters. The van der Waals surface area contributed by atoms with Crippen LogP contribution in [0.5, 0.6) is 5.75 Å². The van der Waals surface area contributed by atoms with Crippen LogP contribution in [0.2, 0.25) is 5.02 Å². The zero-order valence-corrected chi connectivity index (χ0v) is 17.6. The average molecular weight is 397 g/mol. The molecule has 5 nitrogen and oxygen atoms in total. The molecule has 27 heavy (non-hydrogen) atoms. The van der Waals surface area contributed by atoms with Crippen molar-refractivity contribution in [1.82, 2.24) is 9.80 Å². The van der Waals surface area contributed by atoms with Crippen LogP contribution in [0.15, 0.2) is 24.3 Å². The first-order chi connectivity index (χ1) is 13.0. The maximum atomic E-state index is 12.3. The molecule has 1 saturated carbocycles. The van der Waals surface area contributed by atoms with E-state index in [-0.39, 0.29) is 12.1 Å². The Bertz CT molecular complexity index is 555. The summed E-state index contributed by atoms with van der Waals surface area (Å²) in [6.07, 6.45) is 4.97. The van der Waals surface area contributed by atoms with Gasteiger partial charge in [-0.05, 0) is 69.5 Å². The number of benzene rings is 1. The van der Waals surface area contributed by atoms with Crippen LogP contribution >= 0.6 is 11.6 Å². The van der Waals surface area contributed by atoms with Crippen LogP contribution in [0.25, 0.3) is 0 Å². The molecule has 0 N–H and O–H groups in total. The molecule has 1 fully saturated rings. The van der Waals surface area contributed by atoms with Gasteiger partial charge in [0.15, 0.2) is 0 Å². The summed E-state index contributed by atoms with van der Waals surface area (Å²) in [6.45, 7) is 8.50. The smallest absolute Gasteiger partial charge is 0.410 e. The second-order valence-electron chi connectivity index (χ2n) is 7.11. The molecule has 1 aromatic carbocycles. The third-order valence-electron chi connectivity index (χ3n) is 5.36. The first-order valence-electron chi connectivity index (χ1n) is 10.1. The van der Waals surface area contributed by atoms with Crippen LogP contribution in [0.1, 0.15) is 46.0 Å². The van der Waals surface area contributed by atoms with Crippen molar-refractivity contribution in [2.75, 3.05) is 33.3 Å². The fourth-order valence-electron chi connectivity index (χ4n) is 3.50. The van der Waals surface area contributed by atoms with Crippen LogP contribution < -0.4 is 4.74 Å². The molecule has 0 atom stereocenters. The Morgan fingerprint density at radius 2 is 1.74 bits per heavy atom. The molecule has 152 valence electrons. The van der Waals surface area contributed by atoms with Crippen molar-refractivity contribution >= 4 is 17.7 Å². The highest BCUT2D eigenvalue weighted by Gasteiger charge is 2.27.